The summed E-state index contributed by atoms with van der Waals surface area (Å²) in [5, 5.41) is 13.6. The number of aromatic nitrogens is 2. The van der Waals surface area contributed by atoms with Crippen LogP contribution in [-0.4, -0.2) is 21.3 Å². The minimum atomic E-state index is -0.882. The molecule has 0 radical (unpaired) electrons. The van der Waals surface area contributed by atoms with Crippen LogP contribution < -0.4 is 5.56 Å². The first-order valence-corrected chi connectivity index (χ1v) is 3.92. The second-order valence-electron chi connectivity index (χ2n) is 3.63. The van der Waals surface area contributed by atoms with Crippen LogP contribution in [0.3, 0.4) is 0 Å². The van der Waals surface area contributed by atoms with Crippen molar-refractivity contribution >= 4 is 5.97 Å². The van der Waals surface area contributed by atoms with Crippen molar-refractivity contribution in [3.05, 3.63) is 22.1 Å². The smallest absolute Gasteiger partial charge is 0.304 e. The number of hydrogen-bond acceptors (Lipinski definition) is 2. The van der Waals surface area contributed by atoms with Crippen molar-refractivity contribution < 1.29 is 9.90 Å². The highest BCUT2D eigenvalue weighted by atomic mass is 16.4. The average Bonchev–Trinajstić information content (AvgIpc) is 2.32. The van der Waals surface area contributed by atoms with E-state index >= 15 is 0 Å². The molecular formula is C8H12N2O3. The van der Waals surface area contributed by atoms with Gasteiger partial charge in [-0.15, -0.1) is 0 Å². The van der Waals surface area contributed by atoms with Gasteiger partial charge in [0.05, 0.1) is 6.42 Å². The summed E-state index contributed by atoms with van der Waals surface area (Å²) in [6.07, 6.45) is -0.0131. The maximum absolute atomic E-state index is 10.8. The molecule has 1 heterocycles. The molecule has 0 atom stereocenters. The molecular weight excluding hydrogens is 172 g/mol. The van der Waals surface area contributed by atoms with E-state index in [1.165, 1.54) is 6.07 Å². The SMILES string of the molecule is CC(C)(CC(=O)O)c1cc(=O)[nH][nH]1. The molecule has 0 fully saturated rings. The standard InChI is InChI=1S/C8H12N2O3/c1-8(2,4-7(12)13)5-3-6(11)10-9-5/h3H,4H2,1-2H3,(H,12,13)(H2,9,10,11). The number of carbonyl (C=O) groups is 1. The average molecular weight is 184 g/mol. The largest absolute Gasteiger partial charge is 0.481 e. The predicted octanol–water partition coefficient (Wildman–Crippen LogP) is 0.455. The third kappa shape index (κ3) is 2.21. The van der Waals surface area contributed by atoms with E-state index in [1.54, 1.807) is 13.8 Å². The van der Waals surface area contributed by atoms with Gasteiger partial charge >= 0.3 is 5.97 Å². The first-order valence-electron chi connectivity index (χ1n) is 3.92. The van der Waals surface area contributed by atoms with Crippen LogP contribution in [0.15, 0.2) is 10.9 Å². The molecule has 0 saturated heterocycles. The molecule has 0 aliphatic heterocycles. The Morgan fingerprint density at radius 1 is 1.54 bits per heavy atom. The highest BCUT2D eigenvalue weighted by Gasteiger charge is 2.25. The van der Waals surface area contributed by atoms with Gasteiger partial charge in [-0.3, -0.25) is 14.7 Å². The lowest BCUT2D eigenvalue weighted by molar-refractivity contribution is -0.138. The molecule has 13 heavy (non-hydrogen) atoms. The number of H-pyrrole nitrogens is 2. The summed E-state index contributed by atoms with van der Waals surface area (Å²) in [5.74, 6) is -0.882. The Balaban J connectivity index is 2.92. The molecule has 5 nitrogen and oxygen atoms in total. The van der Waals surface area contributed by atoms with Gasteiger partial charge in [-0.05, 0) is 0 Å². The van der Waals surface area contributed by atoms with E-state index in [-0.39, 0.29) is 12.0 Å². The van der Waals surface area contributed by atoms with Gasteiger partial charge in [-0.2, -0.15) is 0 Å². The maximum atomic E-state index is 10.8. The van der Waals surface area contributed by atoms with Crippen molar-refractivity contribution in [3.63, 3.8) is 0 Å². The zero-order chi connectivity index (χ0) is 10.1. The second-order valence-corrected chi connectivity index (χ2v) is 3.63. The Kier molecular flexibility index (Phi) is 2.27. The van der Waals surface area contributed by atoms with Crippen LogP contribution >= 0.6 is 0 Å². The van der Waals surface area contributed by atoms with Crippen molar-refractivity contribution in [1.82, 2.24) is 10.2 Å². The van der Waals surface area contributed by atoms with Gasteiger partial charge in [0.25, 0.3) is 5.56 Å². The number of aromatic amines is 2. The monoisotopic (exact) mass is 184 g/mol. The summed E-state index contributed by atoms with van der Waals surface area (Å²) in [6.45, 7) is 3.53. The third-order valence-electron chi connectivity index (χ3n) is 1.92. The molecule has 1 rings (SSSR count). The van der Waals surface area contributed by atoms with Crippen molar-refractivity contribution in [3.8, 4) is 0 Å². The van der Waals surface area contributed by atoms with Gasteiger partial charge in [-0.25, -0.2) is 0 Å². The van der Waals surface area contributed by atoms with E-state index in [2.05, 4.69) is 10.2 Å². The lowest BCUT2D eigenvalue weighted by Gasteiger charge is -2.19. The van der Waals surface area contributed by atoms with Gasteiger partial charge in [0, 0.05) is 17.2 Å². The van der Waals surface area contributed by atoms with Crippen LogP contribution in [0.1, 0.15) is 26.0 Å². The Morgan fingerprint density at radius 2 is 2.15 bits per heavy atom. The molecule has 0 aliphatic rings. The Bertz CT molecular complexity index is 361. The zero-order valence-corrected chi connectivity index (χ0v) is 7.55. The van der Waals surface area contributed by atoms with E-state index in [9.17, 15) is 9.59 Å². The van der Waals surface area contributed by atoms with Crippen molar-refractivity contribution in [2.24, 2.45) is 0 Å². The summed E-state index contributed by atoms with van der Waals surface area (Å²) >= 11 is 0. The molecule has 0 aromatic carbocycles. The van der Waals surface area contributed by atoms with E-state index in [0.29, 0.717) is 5.69 Å². The number of hydrogen-bond donors (Lipinski definition) is 3. The lowest BCUT2D eigenvalue weighted by Crippen LogP contribution is -2.22. The van der Waals surface area contributed by atoms with Gasteiger partial charge < -0.3 is 10.2 Å². The molecule has 1 aromatic heterocycles. The summed E-state index contributed by atoms with van der Waals surface area (Å²) in [5.41, 5.74) is -0.182. The Labute approximate surface area is 74.8 Å². The second kappa shape index (κ2) is 3.08. The molecule has 0 amide bonds. The molecule has 1 aromatic rings. The first kappa shape index (κ1) is 9.57. The lowest BCUT2D eigenvalue weighted by atomic mass is 9.86. The Hall–Kier alpha value is -1.52. The number of carboxylic acids is 1. The molecule has 3 N–H and O–H groups in total. The maximum Gasteiger partial charge on any atom is 0.304 e. The van der Waals surface area contributed by atoms with Crippen LogP contribution in [0.5, 0.6) is 0 Å². The minimum absolute atomic E-state index is 0.0131. The molecule has 72 valence electrons. The molecule has 0 unspecified atom stereocenters. The quantitative estimate of drug-likeness (QED) is 0.637. The van der Waals surface area contributed by atoms with Gasteiger partial charge in [0.1, 0.15) is 0 Å². The summed E-state index contributed by atoms with van der Waals surface area (Å²) in [7, 11) is 0. The van der Waals surface area contributed by atoms with E-state index in [4.69, 9.17) is 5.11 Å². The van der Waals surface area contributed by atoms with Crippen LogP contribution in [0, 0.1) is 0 Å². The zero-order valence-electron chi connectivity index (χ0n) is 7.55. The fraction of sp³-hybridized carbons (Fsp3) is 0.500. The number of aliphatic carboxylic acids is 1. The van der Waals surface area contributed by atoms with Crippen LogP contribution in [0.4, 0.5) is 0 Å². The highest BCUT2D eigenvalue weighted by Crippen LogP contribution is 2.23. The van der Waals surface area contributed by atoms with Gasteiger partial charge in [0.2, 0.25) is 0 Å². The highest BCUT2D eigenvalue weighted by molar-refractivity contribution is 5.68. The summed E-state index contributed by atoms with van der Waals surface area (Å²) in [4.78, 5) is 21.3. The van der Waals surface area contributed by atoms with Gasteiger partial charge in [0.15, 0.2) is 0 Å². The van der Waals surface area contributed by atoms with Crippen LogP contribution in [0.2, 0.25) is 0 Å². The first-order chi connectivity index (χ1) is 5.92. The van der Waals surface area contributed by atoms with E-state index in [1.807, 2.05) is 0 Å². The van der Waals surface area contributed by atoms with E-state index in [0.717, 1.165) is 0 Å². The molecule has 0 spiro atoms. The number of rotatable bonds is 3. The van der Waals surface area contributed by atoms with Crippen LogP contribution in [0.25, 0.3) is 0 Å². The molecule has 0 aliphatic carbocycles. The fourth-order valence-electron chi connectivity index (χ4n) is 1.17. The summed E-state index contributed by atoms with van der Waals surface area (Å²) < 4.78 is 0. The van der Waals surface area contributed by atoms with Crippen molar-refractivity contribution in [2.45, 2.75) is 25.7 Å². The van der Waals surface area contributed by atoms with Gasteiger partial charge in [-0.1, -0.05) is 13.8 Å². The van der Waals surface area contributed by atoms with Crippen LogP contribution in [-0.2, 0) is 10.2 Å². The van der Waals surface area contributed by atoms with E-state index < -0.39 is 11.4 Å². The predicted molar refractivity (Wildman–Crippen MR) is 46.7 cm³/mol. The fourth-order valence-corrected chi connectivity index (χ4v) is 1.17. The number of nitrogens with one attached hydrogen (secondary N) is 2. The number of carboxylic acid groups (broad SMARTS) is 1. The third-order valence-corrected chi connectivity index (χ3v) is 1.92. The molecule has 0 saturated carbocycles. The molecule has 0 bridgehead atoms. The topological polar surface area (TPSA) is 85.9 Å². The Morgan fingerprint density at radius 3 is 2.54 bits per heavy atom. The van der Waals surface area contributed by atoms with Crippen molar-refractivity contribution in [2.75, 3.05) is 0 Å². The normalized spacial score (nSPS) is 11.5. The molecule has 5 heteroatoms. The van der Waals surface area contributed by atoms with Crippen molar-refractivity contribution in [1.29, 1.82) is 0 Å². The summed E-state index contributed by atoms with van der Waals surface area (Å²) in [6, 6.07) is 1.38. The minimum Gasteiger partial charge on any atom is -0.481 e.